The topological polar surface area (TPSA) is 35.0 Å². The van der Waals surface area contributed by atoms with Gasteiger partial charge in [-0.3, -0.25) is 0 Å². The largest absolute Gasteiger partial charge is 0.487 e. The number of hydrogen-bond acceptors (Lipinski definition) is 3. The average Bonchev–Trinajstić information content (AvgIpc) is 2.28. The van der Waals surface area contributed by atoms with E-state index in [0.29, 0.717) is 17.0 Å². The van der Waals surface area contributed by atoms with Crippen molar-refractivity contribution in [2.45, 2.75) is 6.61 Å². The van der Waals surface area contributed by atoms with Gasteiger partial charge in [-0.2, -0.15) is 0 Å². The van der Waals surface area contributed by atoms with Gasteiger partial charge in [0.05, 0.1) is 5.69 Å². The molecule has 1 heterocycles. The summed E-state index contributed by atoms with van der Waals surface area (Å²) in [6, 6.07) is 7.62. The highest BCUT2D eigenvalue weighted by atomic mass is 79.9. The van der Waals surface area contributed by atoms with Gasteiger partial charge in [0.25, 0.3) is 0 Å². The zero-order valence-corrected chi connectivity index (χ0v) is 9.82. The predicted molar refractivity (Wildman–Crippen MR) is 60.5 cm³/mol. The molecule has 0 atom stereocenters. The van der Waals surface area contributed by atoms with Crippen LogP contribution in [-0.4, -0.2) is 9.97 Å². The van der Waals surface area contributed by atoms with Crippen LogP contribution >= 0.6 is 15.9 Å². The van der Waals surface area contributed by atoms with Gasteiger partial charge in [0.1, 0.15) is 29.1 Å². The van der Waals surface area contributed by atoms with E-state index in [0.717, 1.165) is 5.69 Å². The molecule has 0 unspecified atom stereocenters. The minimum atomic E-state index is -0.280. The van der Waals surface area contributed by atoms with Crippen LogP contribution in [0.2, 0.25) is 0 Å². The van der Waals surface area contributed by atoms with E-state index in [2.05, 4.69) is 25.9 Å². The highest BCUT2D eigenvalue weighted by Crippen LogP contribution is 2.13. The maximum Gasteiger partial charge on any atom is 0.130 e. The Bertz CT molecular complexity index is 476. The van der Waals surface area contributed by atoms with Gasteiger partial charge in [-0.1, -0.05) is 0 Å². The molecule has 0 bridgehead atoms. The summed E-state index contributed by atoms with van der Waals surface area (Å²) in [4.78, 5) is 7.94. The lowest BCUT2D eigenvalue weighted by Crippen LogP contribution is -1.98. The predicted octanol–water partition coefficient (Wildman–Crippen LogP) is 2.96. The van der Waals surface area contributed by atoms with E-state index in [4.69, 9.17) is 4.74 Å². The molecule has 0 aliphatic rings. The minimum absolute atomic E-state index is 0.280. The maximum absolute atomic E-state index is 12.6. The molecule has 0 N–H and O–H groups in total. The number of benzene rings is 1. The highest BCUT2D eigenvalue weighted by Gasteiger charge is 1.99. The van der Waals surface area contributed by atoms with Gasteiger partial charge in [0.2, 0.25) is 0 Å². The second-order valence-corrected chi connectivity index (χ2v) is 3.89. The standard InChI is InChI=1S/C11H8BrFN2O/c12-11-5-9(14-7-15-11)6-16-10-3-1-8(13)2-4-10/h1-5,7H,6H2. The third-order valence-electron chi connectivity index (χ3n) is 1.89. The van der Waals surface area contributed by atoms with Crippen molar-refractivity contribution in [1.82, 2.24) is 9.97 Å². The van der Waals surface area contributed by atoms with Crippen LogP contribution in [0, 0.1) is 5.82 Å². The normalized spacial score (nSPS) is 10.1. The Morgan fingerprint density at radius 3 is 2.62 bits per heavy atom. The first kappa shape index (κ1) is 11.0. The van der Waals surface area contributed by atoms with Crippen molar-refractivity contribution in [3.63, 3.8) is 0 Å². The van der Waals surface area contributed by atoms with Gasteiger partial charge in [-0.05, 0) is 46.3 Å². The smallest absolute Gasteiger partial charge is 0.130 e. The van der Waals surface area contributed by atoms with E-state index < -0.39 is 0 Å². The number of ether oxygens (including phenoxy) is 1. The van der Waals surface area contributed by atoms with E-state index >= 15 is 0 Å². The van der Waals surface area contributed by atoms with Gasteiger partial charge >= 0.3 is 0 Å². The number of aromatic nitrogens is 2. The molecule has 1 aromatic carbocycles. The van der Waals surface area contributed by atoms with Crippen LogP contribution in [0.5, 0.6) is 5.75 Å². The highest BCUT2D eigenvalue weighted by molar-refractivity contribution is 9.10. The van der Waals surface area contributed by atoms with Crippen molar-refractivity contribution >= 4 is 15.9 Å². The molecule has 0 amide bonds. The lowest BCUT2D eigenvalue weighted by molar-refractivity contribution is 0.300. The fourth-order valence-corrected chi connectivity index (χ4v) is 1.49. The van der Waals surface area contributed by atoms with E-state index in [1.807, 2.05) is 0 Å². The number of halogens is 2. The third kappa shape index (κ3) is 3.00. The molecule has 0 radical (unpaired) electrons. The van der Waals surface area contributed by atoms with Gasteiger partial charge < -0.3 is 4.74 Å². The van der Waals surface area contributed by atoms with Crippen LogP contribution < -0.4 is 4.74 Å². The minimum Gasteiger partial charge on any atom is -0.487 e. The molecule has 0 fully saturated rings. The summed E-state index contributed by atoms with van der Waals surface area (Å²) in [5, 5.41) is 0. The van der Waals surface area contributed by atoms with Crippen LogP contribution in [0.3, 0.4) is 0 Å². The van der Waals surface area contributed by atoms with Crippen LogP contribution in [0.15, 0.2) is 41.3 Å². The molecule has 0 saturated carbocycles. The third-order valence-corrected chi connectivity index (χ3v) is 2.32. The van der Waals surface area contributed by atoms with E-state index in [-0.39, 0.29) is 5.82 Å². The van der Waals surface area contributed by atoms with Crippen LogP contribution in [0.4, 0.5) is 4.39 Å². The summed E-state index contributed by atoms with van der Waals surface area (Å²) in [7, 11) is 0. The monoisotopic (exact) mass is 282 g/mol. The summed E-state index contributed by atoms with van der Waals surface area (Å²) >= 11 is 3.24. The Kier molecular flexibility index (Phi) is 3.46. The summed E-state index contributed by atoms with van der Waals surface area (Å²) in [6.07, 6.45) is 1.45. The van der Waals surface area contributed by atoms with Crippen molar-refractivity contribution in [2.24, 2.45) is 0 Å². The van der Waals surface area contributed by atoms with Crippen molar-refractivity contribution in [1.29, 1.82) is 0 Å². The lowest BCUT2D eigenvalue weighted by Gasteiger charge is -2.05. The Morgan fingerprint density at radius 2 is 1.94 bits per heavy atom. The van der Waals surface area contributed by atoms with Crippen molar-refractivity contribution in [3.8, 4) is 5.75 Å². The second-order valence-electron chi connectivity index (χ2n) is 3.07. The van der Waals surface area contributed by atoms with Crippen LogP contribution in [0.1, 0.15) is 5.69 Å². The van der Waals surface area contributed by atoms with Crippen molar-refractivity contribution in [3.05, 3.63) is 52.8 Å². The van der Waals surface area contributed by atoms with E-state index in [1.165, 1.54) is 18.5 Å². The summed E-state index contributed by atoms with van der Waals surface area (Å²) < 4.78 is 18.8. The van der Waals surface area contributed by atoms with Gasteiger partial charge in [-0.25, -0.2) is 14.4 Å². The SMILES string of the molecule is Fc1ccc(OCc2cc(Br)ncn2)cc1. The Balaban J connectivity index is 1.99. The van der Waals surface area contributed by atoms with E-state index in [9.17, 15) is 4.39 Å². The first-order valence-electron chi connectivity index (χ1n) is 4.59. The Labute approximate surface area is 100 Å². The fraction of sp³-hybridized carbons (Fsp3) is 0.0909. The van der Waals surface area contributed by atoms with Crippen molar-refractivity contribution < 1.29 is 9.13 Å². The maximum atomic E-state index is 12.6. The molecule has 1 aromatic heterocycles. The molecule has 5 heteroatoms. The van der Waals surface area contributed by atoms with Gasteiger partial charge in [-0.15, -0.1) is 0 Å². The van der Waals surface area contributed by atoms with Gasteiger partial charge in [0.15, 0.2) is 0 Å². The number of nitrogens with zero attached hydrogens (tertiary/aromatic N) is 2. The average molecular weight is 283 g/mol. The summed E-state index contributed by atoms with van der Waals surface area (Å²) in [6.45, 7) is 0.326. The molecule has 0 saturated heterocycles. The molecular formula is C11H8BrFN2O. The molecule has 0 aliphatic carbocycles. The first-order valence-corrected chi connectivity index (χ1v) is 5.38. The molecule has 2 rings (SSSR count). The number of rotatable bonds is 3. The molecule has 0 aliphatic heterocycles. The lowest BCUT2D eigenvalue weighted by atomic mass is 10.3. The first-order chi connectivity index (χ1) is 7.74. The summed E-state index contributed by atoms with van der Waals surface area (Å²) in [5.41, 5.74) is 0.756. The molecule has 2 aromatic rings. The number of hydrogen-bond donors (Lipinski definition) is 0. The quantitative estimate of drug-likeness (QED) is 0.812. The van der Waals surface area contributed by atoms with Crippen LogP contribution in [-0.2, 0) is 6.61 Å². The Morgan fingerprint density at radius 1 is 1.19 bits per heavy atom. The molecule has 0 spiro atoms. The molecule has 82 valence electrons. The van der Waals surface area contributed by atoms with Gasteiger partial charge in [0, 0.05) is 0 Å². The Hall–Kier alpha value is -1.49. The summed E-state index contributed by atoms with van der Waals surface area (Å²) in [5.74, 6) is 0.327. The van der Waals surface area contributed by atoms with Crippen molar-refractivity contribution in [2.75, 3.05) is 0 Å². The fourth-order valence-electron chi connectivity index (χ4n) is 1.14. The second kappa shape index (κ2) is 5.03. The zero-order valence-electron chi connectivity index (χ0n) is 8.23. The molecule has 3 nitrogen and oxygen atoms in total. The van der Waals surface area contributed by atoms with Crippen LogP contribution in [0.25, 0.3) is 0 Å². The van der Waals surface area contributed by atoms with E-state index in [1.54, 1.807) is 18.2 Å². The molecule has 16 heavy (non-hydrogen) atoms. The zero-order chi connectivity index (χ0) is 11.4. The molecular weight excluding hydrogens is 275 g/mol.